The molecule has 2 N–H and O–H groups in total. The van der Waals surface area contributed by atoms with Gasteiger partial charge in [-0.15, -0.1) is 0 Å². The molecule has 5 aromatic rings. The standard InChI is InChI=1S/C41H41NO6S/c43-38(10-6-26-49(45,46)47)33-20-16-31(17-21-33)27-37(32-18-14-30(15-19-32)13-12-29-7-2-1-3-8-29)41(44)42-36-24-22-34(23-25-36)40-28-35-9-4-5-11-39(35)48-40/h4-5,9,11-25,28-29,37H,1-3,6-8,10,26-27H2,(H,42,44)(H,45,46,47)/b13-12+. The number of amides is 1. The maximum Gasteiger partial charge on any atom is 0.264 e. The second-order valence-electron chi connectivity index (χ2n) is 12.9. The molecule has 0 spiro atoms. The number of anilines is 1. The molecule has 4 aromatic carbocycles. The molecule has 0 bridgehead atoms. The second kappa shape index (κ2) is 15.6. The summed E-state index contributed by atoms with van der Waals surface area (Å²) >= 11 is 0. The fourth-order valence-corrected chi connectivity index (χ4v) is 6.98. The van der Waals surface area contributed by atoms with Crippen LogP contribution in [0.15, 0.2) is 114 Å². The van der Waals surface area contributed by atoms with Crippen LogP contribution in [0.4, 0.5) is 5.69 Å². The van der Waals surface area contributed by atoms with Crippen molar-refractivity contribution < 1.29 is 27.0 Å². The number of carbonyl (C=O) groups is 2. The molecule has 1 unspecified atom stereocenters. The number of benzene rings is 4. The highest BCUT2D eigenvalue weighted by molar-refractivity contribution is 7.85. The van der Waals surface area contributed by atoms with Crippen molar-refractivity contribution in [3.63, 3.8) is 0 Å². The topological polar surface area (TPSA) is 114 Å². The molecule has 1 aromatic heterocycles. The molecule has 252 valence electrons. The first kappa shape index (κ1) is 34.1. The van der Waals surface area contributed by atoms with Crippen LogP contribution in [0.5, 0.6) is 0 Å². The van der Waals surface area contributed by atoms with Crippen LogP contribution < -0.4 is 5.32 Å². The van der Waals surface area contributed by atoms with Crippen molar-refractivity contribution in [1.82, 2.24) is 0 Å². The zero-order chi connectivity index (χ0) is 34.2. The van der Waals surface area contributed by atoms with Crippen molar-refractivity contribution in [2.45, 2.75) is 57.3 Å². The molecule has 6 rings (SSSR count). The molecule has 7 nitrogen and oxygen atoms in total. The van der Waals surface area contributed by atoms with Gasteiger partial charge in [0, 0.05) is 28.6 Å². The lowest BCUT2D eigenvalue weighted by molar-refractivity contribution is -0.117. The highest BCUT2D eigenvalue weighted by atomic mass is 32.2. The Labute approximate surface area is 287 Å². The first-order chi connectivity index (χ1) is 23.7. The van der Waals surface area contributed by atoms with E-state index < -0.39 is 21.8 Å². The van der Waals surface area contributed by atoms with Crippen LogP contribution in [-0.2, 0) is 21.3 Å². The summed E-state index contributed by atoms with van der Waals surface area (Å²) < 4.78 is 37.0. The molecule has 0 saturated heterocycles. The third-order valence-corrected chi connectivity index (χ3v) is 10.1. The second-order valence-corrected chi connectivity index (χ2v) is 14.5. The van der Waals surface area contributed by atoms with Crippen molar-refractivity contribution in [3.05, 3.63) is 131 Å². The Morgan fingerprint density at radius 2 is 1.59 bits per heavy atom. The molecule has 1 atom stereocenters. The number of fused-ring (bicyclic) bond motifs is 1. The van der Waals surface area contributed by atoms with E-state index in [-0.39, 0.29) is 24.5 Å². The lowest BCUT2D eigenvalue weighted by Gasteiger charge is -2.19. The molecule has 1 amide bonds. The van der Waals surface area contributed by atoms with E-state index in [0.717, 1.165) is 39.0 Å². The highest BCUT2D eigenvalue weighted by Gasteiger charge is 2.22. The number of ketones is 1. The number of Topliss-reactive ketones (excluding diaryl/α,β-unsaturated/α-hetero) is 1. The van der Waals surface area contributed by atoms with Gasteiger partial charge in [0.2, 0.25) is 5.91 Å². The van der Waals surface area contributed by atoms with E-state index in [2.05, 4.69) is 29.6 Å². The van der Waals surface area contributed by atoms with E-state index in [1.54, 1.807) is 12.1 Å². The van der Waals surface area contributed by atoms with E-state index in [1.165, 1.54) is 32.1 Å². The number of allylic oxidation sites excluding steroid dienone is 1. The number of hydrogen-bond donors (Lipinski definition) is 2. The van der Waals surface area contributed by atoms with E-state index in [4.69, 9.17) is 8.97 Å². The molecular formula is C41H41NO6S. The maximum absolute atomic E-state index is 13.9. The number of carbonyl (C=O) groups excluding carboxylic acids is 2. The van der Waals surface area contributed by atoms with Gasteiger partial charge in [0.05, 0.1) is 11.7 Å². The van der Waals surface area contributed by atoms with Gasteiger partial charge in [0.15, 0.2) is 5.78 Å². The smallest absolute Gasteiger partial charge is 0.264 e. The van der Waals surface area contributed by atoms with Gasteiger partial charge in [-0.25, -0.2) is 0 Å². The molecule has 0 aliphatic heterocycles. The van der Waals surface area contributed by atoms with Crippen molar-refractivity contribution in [3.8, 4) is 11.3 Å². The van der Waals surface area contributed by atoms with Gasteiger partial charge in [0.1, 0.15) is 11.3 Å². The number of furan rings is 1. The Kier molecular flexibility index (Phi) is 10.9. The van der Waals surface area contributed by atoms with E-state index >= 15 is 0 Å². The lowest BCUT2D eigenvalue weighted by atomic mass is 9.88. The normalized spacial score (nSPS) is 14.6. The number of hydrogen-bond acceptors (Lipinski definition) is 5. The molecule has 49 heavy (non-hydrogen) atoms. The minimum atomic E-state index is -4.11. The van der Waals surface area contributed by atoms with Crippen LogP contribution in [0, 0.1) is 5.92 Å². The monoisotopic (exact) mass is 675 g/mol. The van der Waals surface area contributed by atoms with Crippen molar-refractivity contribution in [2.24, 2.45) is 5.92 Å². The first-order valence-electron chi connectivity index (χ1n) is 17.0. The molecule has 1 saturated carbocycles. The van der Waals surface area contributed by atoms with E-state index in [0.29, 0.717) is 23.6 Å². The minimum Gasteiger partial charge on any atom is -0.456 e. The Hall–Kier alpha value is -4.79. The molecule has 1 aliphatic carbocycles. The summed E-state index contributed by atoms with van der Waals surface area (Å²) in [5.74, 6) is 0.0889. The molecule has 1 aliphatic rings. The largest absolute Gasteiger partial charge is 0.456 e. The Balaban J connectivity index is 1.18. The van der Waals surface area contributed by atoms with Crippen LogP contribution in [0.1, 0.15) is 77.9 Å². The van der Waals surface area contributed by atoms with Crippen molar-refractivity contribution in [2.75, 3.05) is 11.1 Å². The average Bonchev–Trinajstić information content (AvgIpc) is 3.55. The van der Waals surface area contributed by atoms with Gasteiger partial charge in [-0.2, -0.15) is 8.42 Å². The summed E-state index contributed by atoms with van der Waals surface area (Å²) in [4.78, 5) is 26.5. The number of nitrogens with one attached hydrogen (secondary N) is 1. The van der Waals surface area contributed by atoms with Crippen LogP contribution in [0.25, 0.3) is 28.4 Å². The average molecular weight is 676 g/mol. The molecule has 1 heterocycles. The summed E-state index contributed by atoms with van der Waals surface area (Å²) in [6.45, 7) is 0. The summed E-state index contributed by atoms with van der Waals surface area (Å²) in [7, 11) is -4.11. The summed E-state index contributed by atoms with van der Waals surface area (Å²) in [6.07, 6.45) is 11.4. The predicted octanol–water partition coefficient (Wildman–Crippen LogP) is 9.51. The molecule has 0 radical (unpaired) electrons. The van der Waals surface area contributed by atoms with Gasteiger partial charge in [-0.3, -0.25) is 14.1 Å². The first-order valence-corrected chi connectivity index (χ1v) is 18.6. The van der Waals surface area contributed by atoms with Gasteiger partial charge in [-0.1, -0.05) is 98.1 Å². The van der Waals surface area contributed by atoms with Crippen LogP contribution in [0.2, 0.25) is 0 Å². The fraction of sp³-hybridized carbons (Fsp3) is 0.268. The van der Waals surface area contributed by atoms with Crippen LogP contribution in [-0.4, -0.2) is 30.4 Å². The van der Waals surface area contributed by atoms with Crippen molar-refractivity contribution >= 4 is 44.5 Å². The molecule has 1 fully saturated rings. The summed E-state index contributed by atoms with van der Waals surface area (Å²) in [5.41, 5.74) is 5.74. The molecular weight excluding hydrogens is 635 g/mol. The zero-order valence-corrected chi connectivity index (χ0v) is 28.2. The lowest BCUT2D eigenvalue weighted by Crippen LogP contribution is -2.23. The SMILES string of the molecule is O=C(CCCS(=O)(=O)O)c1ccc(CC(C(=O)Nc2ccc(-c3cc4ccccc4o3)cc2)c2ccc(/C=C/C3CCCCC3)cc2)cc1. The van der Waals surface area contributed by atoms with E-state index in [1.807, 2.05) is 78.9 Å². The third-order valence-electron chi connectivity index (χ3n) is 9.25. The zero-order valence-electron chi connectivity index (χ0n) is 27.4. The molecule has 8 heteroatoms. The van der Waals surface area contributed by atoms with E-state index in [9.17, 15) is 18.0 Å². The van der Waals surface area contributed by atoms with Gasteiger partial charge >= 0.3 is 0 Å². The van der Waals surface area contributed by atoms with Crippen molar-refractivity contribution in [1.29, 1.82) is 0 Å². The quantitative estimate of drug-likeness (QED) is 0.0949. The Bertz CT molecular complexity index is 1990. The fourth-order valence-electron chi connectivity index (χ4n) is 6.47. The van der Waals surface area contributed by atoms with Gasteiger partial charge in [0.25, 0.3) is 10.1 Å². The van der Waals surface area contributed by atoms with Gasteiger partial charge in [-0.05, 0) is 84.7 Å². The summed E-state index contributed by atoms with van der Waals surface area (Å²) in [5, 5.41) is 4.14. The Morgan fingerprint density at radius 3 is 2.29 bits per heavy atom. The minimum absolute atomic E-state index is 0.0147. The predicted molar refractivity (Wildman–Crippen MR) is 195 cm³/mol. The number of para-hydroxylation sites is 1. The summed E-state index contributed by atoms with van der Waals surface area (Å²) in [6, 6.07) is 32.7. The van der Waals surface area contributed by atoms with Gasteiger partial charge < -0.3 is 9.73 Å². The van der Waals surface area contributed by atoms with Crippen LogP contribution in [0.3, 0.4) is 0 Å². The maximum atomic E-state index is 13.9. The highest BCUT2D eigenvalue weighted by Crippen LogP contribution is 2.30. The number of rotatable bonds is 13. The third kappa shape index (κ3) is 9.43. The van der Waals surface area contributed by atoms with Crippen LogP contribution >= 0.6 is 0 Å². The Morgan fingerprint density at radius 1 is 0.878 bits per heavy atom.